The van der Waals surface area contributed by atoms with Gasteiger partial charge >= 0.3 is 0 Å². The van der Waals surface area contributed by atoms with E-state index in [9.17, 15) is 8.78 Å². The summed E-state index contributed by atoms with van der Waals surface area (Å²) >= 11 is 0. The van der Waals surface area contributed by atoms with Crippen LogP contribution in [0.4, 0.5) is 8.78 Å². The normalized spacial score (nSPS) is 14.7. The highest BCUT2D eigenvalue weighted by Crippen LogP contribution is 2.30. The highest BCUT2D eigenvalue weighted by atomic mass is 127. The Balaban J connectivity index is 0.00000300. The maximum absolute atomic E-state index is 14.3. The van der Waals surface area contributed by atoms with Crippen LogP contribution in [0.3, 0.4) is 0 Å². The van der Waals surface area contributed by atoms with E-state index in [-0.39, 0.29) is 59.6 Å². The number of nitrogens with zero attached hydrogens (tertiary/aromatic N) is 2. The van der Waals surface area contributed by atoms with Crippen LogP contribution in [0.1, 0.15) is 44.0 Å². The molecule has 1 aliphatic rings. The maximum Gasteiger partial charge on any atom is 0.192 e. The molecule has 2 N–H and O–H groups in total. The van der Waals surface area contributed by atoms with E-state index >= 15 is 0 Å². The van der Waals surface area contributed by atoms with E-state index in [1.54, 1.807) is 12.1 Å². The monoisotopic (exact) mass is 516 g/mol. The van der Waals surface area contributed by atoms with Crippen molar-refractivity contribution in [3.63, 3.8) is 0 Å². The zero-order valence-corrected chi connectivity index (χ0v) is 19.0. The van der Waals surface area contributed by atoms with Gasteiger partial charge in [0.05, 0.1) is 24.9 Å². The molecule has 5 nitrogen and oxygen atoms in total. The van der Waals surface area contributed by atoms with Gasteiger partial charge in [-0.15, -0.1) is 24.0 Å². The first-order chi connectivity index (χ1) is 13.6. The van der Waals surface area contributed by atoms with Gasteiger partial charge in [0.2, 0.25) is 0 Å². The topological polar surface area (TPSA) is 58.5 Å². The maximum atomic E-state index is 14.3. The number of hydrogen-bond donors (Lipinski definition) is 2. The lowest BCUT2D eigenvalue weighted by molar-refractivity contribution is 0.285. The largest absolute Gasteiger partial charge is 0.490 e. The van der Waals surface area contributed by atoms with Gasteiger partial charge in [-0.1, -0.05) is 6.07 Å². The Morgan fingerprint density at radius 3 is 2.72 bits per heavy atom. The summed E-state index contributed by atoms with van der Waals surface area (Å²) in [6.07, 6.45) is 3.86. The van der Waals surface area contributed by atoms with Gasteiger partial charge in [0.1, 0.15) is 5.82 Å². The molecule has 0 spiro atoms. The predicted molar refractivity (Wildman–Crippen MR) is 121 cm³/mol. The molecule has 1 heterocycles. The summed E-state index contributed by atoms with van der Waals surface area (Å²) in [7, 11) is 0. The van der Waals surface area contributed by atoms with E-state index < -0.39 is 0 Å². The molecule has 0 bridgehead atoms. The minimum atomic E-state index is -0.390. The molecule has 1 atom stereocenters. The molecule has 1 unspecified atom stereocenters. The van der Waals surface area contributed by atoms with Crippen molar-refractivity contribution in [1.29, 1.82) is 0 Å². The molecule has 1 aromatic heterocycles. The second-order valence-electron chi connectivity index (χ2n) is 6.94. The first kappa shape index (κ1) is 23.3. The summed E-state index contributed by atoms with van der Waals surface area (Å²) in [5.74, 6) is 0.606. The molecule has 3 rings (SSSR count). The molecule has 0 aliphatic heterocycles. The Hall–Kier alpha value is -1.97. The average molecular weight is 516 g/mol. The van der Waals surface area contributed by atoms with Crippen LogP contribution in [0.5, 0.6) is 5.75 Å². The fourth-order valence-electron chi connectivity index (χ4n) is 2.69. The molecule has 1 aromatic carbocycles. The zero-order valence-electron chi connectivity index (χ0n) is 16.6. The van der Waals surface area contributed by atoms with Crippen LogP contribution in [0, 0.1) is 17.6 Å². The summed E-state index contributed by atoms with van der Waals surface area (Å²) in [5, 5.41) is 6.32. The minimum Gasteiger partial charge on any atom is -0.490 e. The lowest BCUT2D eigenvalue weighted by Gasteiger charge is -2.19. The van der Waals surface area contributed by atoms with Crippen LogP contribution >= 0.6 is 24.0 Å². The Labute approximate surface area is 187 Å². The quantitative estimate of drug-likeness (QED) is 0.307. The number of rotatable bonds is 8. The van der Waals surface area contributed by atoms with Crippen molar-refractivity contribution in [2.45, 2.75) is 39.3 Å². The van der Waals surface area contributed by atoms with Crippen LogP contribution < -0.4 is 15.4 Å². The number of aliphatic imine (C=N–C) groups is 1. The van der Waals surface area contributed by atoms with Crippen molar-refractivity contribution in [3.05, 3.63) is 59.4 Å². The first-order valence-electron chi connectivity index (χ1n) is 9.63. The molecule has 1 saturated carbocycles. The van der Waals surface area contributed by atoms with E-state index in [2.05, 4.69) is 20.6 Å². The fourth-order valence-corrected chi connectivity index (χ4v) is 2.69. The molecule has 2 aromatic rings. The molecule has 29 heavy (non-hydrogen) atoms. The summed E-state index contributed by atoms with van der Waals surface area (Å²) in [6, 6.07) is 7.68. The zero-order chi connectivity index (χ0) is 19.9. The third-order valence-corrected chi connectivity index (χ3v) is 4.55. The number of aromatic nitrogens is 1. The second-order valence-corrected chi connectivity index (χ2v) is 6.94. The van der Waals surface area contributed by atoms with Crippen molar-refractivity contribution in [2.24, 2.45) is 10.9 Å². The molecule has 158 valence electrons. The van der Waals surface area contributed by atoms with Crippen molar-refractivity contribution in [1.82, 2.24) is 15.6 Å². The Morgan fingerprint density at radius 2 is 2.07 bits per heavy atom. The van der Waals surface area contributed by atoms with Crippen molar-refractivity contribution < 1.29 is 13.5 Å². The molecule has 0 radical (unpaired) electrons. The van der Waals surface area contributed by atoms with Gasteiger partial charge in [0, 0.05) is 12.7 Å². The number of guanidine groups is 1. The number of nitrogens with one attached hydrogen (secondary N) is 2. The molecule has 0 amide bonds. The third kappa shape index (κ3) is 7.09. The van der Waals surface area contributed by atoms with E-state index in [1.807, 2.05) is 19.9 Å². The van der Waals surface area contributed by atoms with Gasteiger partial charge in [0.25, 0.3) is 0 Å². The van der Waals surface area contributed by atoms with Crippen LogP contribution in [0.15, 0.2) is 41.5 Å². The lowest BCUT2D eigenvalue weighted by Crippen LogP contribution is -2.38. The number of ether oxygens (including phenoxy) is 1. The summed E-state index contributed by atoms with van der Waals surface area (Å²) in [5.41, 5.74) is 1.04. The van der Waals surface area contributed by atoms with Gasteiger partial charge in [0.15, 0.2) is 17.5 Å². The van der Waals surface area contributed by atoms with Crippen LogP contribution in [0.25, 0.3) is 0 Å². The molecule has 1 aliphatic carbocycles. The summed E-state index contributed by atoms with van der Waals surface area (Å²) < 4.78 is 33.6. The van der Waals surface area contributed by atoms with E-state index in [0.717, 1.165) is 18.4 Å². The molecular formula is C21H27F2IN4O. The fraction of sp³-hybridized carbons (Fsp3) is 0.429. The summed E-state index contributed by atoms with van der Waals surface area (Å²) in [4.78, 5) is 8.38. The molecule has 0 saturated heterocycles. The Morgan fingerprint density at radius 1 is 1.28 bits per heavy atom. The standard InChI is InChI=1S/C21H26F2N4O.HI/c1-3-24-21(26-12-19-17(22)5-4-10-25-19)27-14(2)16-8-9-20(18(23)11-16)28-13-15-6-7-15;/h4-5,8-11,14-15H,3,6-7,12-13H2,1-2H3,(H2,24,26,27);1H. The lowest BCUT2D eigenvalue weighted by atomic mass is 10.1. The van der Waals surface area contributed by atoms with Gasteiger partial charge in [-0.3, -0.25) is 4.98 Å². The number of halogens is 3. The number of hydrogen-bond acceptors (Lipinski definition) is 3. The van der Waals surface area contributed by atoms with E-state index in [0.29, 0.717) is 25.0 Å². The minimum absolute atomic E-state index is 0. The predicted octanol–water partition coefficient (Wildman–Crippen LogP) is 4.58. The molecule has 8 heteroatoms. The van der Waals surface area contributed by atoms with Crippen LogP contribution in [-0.2, 0) is 6.54 Å². The van der Waals surface area contributed by atoms with Gasteiger partial charge in [-0.05, 0) is 62.4 Å². The Kier molecular flexibility index (Phi) is 9.06. The van der Waals surface area contributed by atoms with Gasteiger partial charge < -0.3 is 15.4 Å². The summed E-state index contributed by atoms with van der Waals surface area (Å²) in [6.45, 7) is 5.18. The van der Waals surface area contributed by atoms with Gasteiger partial charge in [-0.25, -0.2) is 13.8 Å². The highest BCUT2D eigenvalue weighted by molar-refractivity contribution is 14.0. The smallest absolute Gasteiger partial charge is 0.192 e. The van der Waals surface area contributed by atoms with Gasteiger partial charge in [-0.2, -0.15) is 0 Å². The Bertz CT molecular complexity index is 830. The van der Waals surface area contributed by atoms with Crippen LogP contribution in [-0.4, -0.2) is 24.1 Å². The SMILES string of the molecule is CCNC(=NCc1ncccc1F)NC(C)c1ccc(OCC2CC2)c(F)c1.I. The highest BCUT2D eigenvalue weighted by Gasteiger charge is 2.22. The molecule has 1 fully saturated rings. The number of benzene rings is 1. The van der Waals surface area contributed by atoms with E-state index in [4.69, 9.17) is 4.74 Å². The molecular weight excluding hydrogens is 489 g/mol. The second kappa shape index (κ2) is 11.3. The average Bonchev–Trinajstić information content (AvgIpc) is 3.50. The van der Waals surface area contributed by atoms with Crippen molar-refractivity contribution in [3.8, 4) is 5.75 Å². The van der Waals surface area contributed by atoms with E-state index in [1.165, 1.54) is 18.3 Å². The first-order valence-corrected chi connectivity index (χ1v) is 9.63. The van der Waals surface area contributed by atoms with Crippen LogP contribution in [0.2, 0.25) is 0 Å². The third-order valence-electron chi connectivity index (χ3n) is 4.55. The number of pyridine rings is 1. The van der Waals surface area contributed by atoms with Crippen molar-refractivity contribution in [2.75, 3.05) is 13.2 Å². The van der Waals surface area contributed by atoms with Crippen molar-refractivity contribution >= 4 is 29.9 Å².